The summed E-state index contributed by atoms with van der Waals surface area (Å²) in [5.74, 6) is 0.425. The maximum absolute atomic E-state index is 12.7. The number of aromatic nitrogens is 1. The molecule has 0 bridgehead atoms. The molecule has 3 heterocycles. The van der Waals surface area contributed by atoms with Crippen LogP contribution in [0.1, 0.15) is 31.2 Å². The molecule has 1 aromatic rings. The van der Waals surface area contributed by atoms with Gasteiger partial charge in [-0.2, -0.15) is 13.2 Å². The molecule has 0 aliphatic carbocycles. The van der Waals surface area contributed by atoms with Crippen molar-refractivity contribution in [2.75, 3.05) is 31.1 Å². The summed E-state index contributed by atoms with van der Waals surface area (Å²) >= 11 is 6.02. The Morgan fingerprint density at radius 1 is 1.04 bits per heavy atom. The molecule has 0 saturated carbocycles. The van der Waals surface area contributed by atoms with Crippen molar-refractivity contribution in [3.63, 3.8) is 0 Å². The van der Waals surface area contributed by atoms with Gasteiger partial charge in [0.25, 0.3) is 0 Å². The molecule has 0 spiro atoms. The molecule has 0 atom stereocenters. The lowest BCUT2D eigenvalue weighted by Gasteiger charge is -2.36. The molecule has 3 nitrogen and oxygen atoms in total. The topological polar surface area (TPSA) is 19.4 Å². The largest absolute Gasteiger partial charge is 0.417 e. The number of nitrogens with zero attached hydrogens (tertiary/aromatic N) is 3. The molecule has 2 aliphatic heterocycles. The van der Waals surface area contributed by atoms with E-state index in [4.69, 9.17) is 11.6 Å². The second kappa shape index (κ2) is 6.59. The Hall–Kier alpha value is -1.43. The number of rotatable bonds is 2. The van der Waals surface area contributed by atoms with Crippen LogP contribution in [0.25, 0.3) is 0 Å². The fourth-order valence-electron chi connectivity index (χ4n) is 3.14. The fraction of sp³-hybridized carbons (Fsp3) is 0.562. The minimum absolute atomic E-state index is 0.0506. The van der Waals surface area contributed by atoms with E-state index in [1.54, 1.807) is 0 Å². The van der Waals surface area contributed by atoms with Crippen LogP contribution in [0.15, 0.2) is 24.0 Å². The van der Waals surface area contributed by atoms with Crippen molar-refractivity contribution in [2.24, 2.45) is 0 Å². The number of alkyl halides is 3. The van der Waals surface area contributed by atoms with Crippen molar-refractivity contribution >= 4 is 17.4 Å². The number of likely N-dealkylation sites (tertiary alicyclic amines) is 1. The quantitative estimate of drug-likeness (QED) is 0.795. The van der Waals surface area contributed by atoms with Gasteiger partial charge < -0.3 is 9.80 Å². The molecule has 2 aliphatic rings. The van der Waals surface area contributed by atoms with Gasteiger partial charge in [-0.25, -0.2) is 4.98 Å². The number of hydrogen-bond donors (Lipinski definition) is 0. The molecule has 0 unspecified atom stereocenters. The van der Waals surface area contributed by atoms with Crippen molar-refractivity contribution in [3.05, 3.63) is 34.6 Å². The lowest BCUT2D eigenvalue weighted by molar-refractivity contribution is -0.137. The molecular formula is C16H19ClF3N3. The van der Waals surface area contributed by atoms with Gasteiger partial charge in [0, 0.05) is 44.5 Å². The van der Waals surface area contributed by atoms with Crippen LogP contribution in [0.4, 0.5) is 19.0 Å². The summed E-state index contributed by atoms with van der Waals surface area (Å²) in [6.07, 6.45) is 3.20. The Balaban J connectivity index is 1.71. The maximum Gasteiger partial charge on any atom is 0.417 e. The average Bonchev–Trinajstić information content (AvgIpc) is 2.55. The second-order valence-electron chi connectivity index (χ2n) is 5.97. The third kappa shape index (κ3) is 3.74. The first-order valence-electron chi connectivity index (χ1n) is 7.87. The van der Waals surface area contributed by atoms with E-state index in [2.05, 4.69) is 16.0 Å². The summed E-state index contributed by atoms with van der Waals surface area (Å²) in [5, 5.41) is 0.0506. The molecule has 126 valence electrons. The van der Waals surface area contributed by atoms with Gasteiger partial charge in [-0.05, 0) is 31.4 Å². The van der Waals surface area contributed by atoms with Crippen LogP contribution in [-0.4, -0.2) is 36.1 Å². The summed E-state index contributed by atoms with van der Waals surface area (Å²) in [6, 6.07) is 0.952. The predicted octanol–water partition coefficient (Wildman–Crippen LogP) is 4.33. The van der Waals surface area contributed by atoms with Gasteiger partial charge in [-0.1, -0.05) is 11.6 Å². The van der Waals surface area contributed by atoms with E-state index in [0.29, 0.717) is 12.4 Å². The van der Waals surface area contributed by atoms with Crippen molar-refractivity contribution in [1.29, 1.82) is 0 Å². The number of halogens is 4. The van der Waals surface area contributed by atoms with Gasteiger partial charge in [0.15, 0.2) is 0 Å². The van der Waals surface area contributed by atoms with E-state index in [1.807, 2.05) is 4.90 Å². The Bertz CT molecular complexity index is 595. The van der Waals surface area contributed by atoms with Crippen molar-refractivity contribution in [3.8, 4) is 0 Å². The molecule has 0 radical (unpaired) electrons. The minimum atomic E-state index is -4.42. The number of pyridine rings is 1. The van der Waals surface area contributed by atoms with Crippen LogP contribution in [0.2, 0.25) is 5.02 Å². The monoisotopic (exact) mass is 345 g/mol. The standard InChI is InChI=1S/C16H19ClF3N3/c17-14-10-12(16(18,19)20)11-21-15(14)23-8-4-13(5-9-23)22-6-2-1-3-7-22/h4,10-11H,1-3,5-9H2. The number of anilines is 1. The zero-order valence-corrected chi connectivity index (χ0v) is 13.5. The van der Waals surface area contributed by atoms with E-state index in [-0.39, 0.29) is 5.02 Å². The van der Waals surface area contributed by atoms with Gasteiger partial charge in [-0.15, -0.1) is 0 Å². The van der Waals surface area contributed by atoms with Gasteiger partial charge in [0.2, 0.25) is 0 Å². The van der Waals surface area contributed by atoms with E-state index in [1.165, 1.54) is 25.0 Å². The SMILES string of the molecule is FC(F)(F)c1cnc(N2CC=C(N3CCCCC3)CC2)c(Cl)c1. The van der Waals surface area contributed by atoms with Gasteiger partial charge in [0.05, 0.1) is 10.6 Å². The smallest absolute Gasteiger partial charge is 0.375 e. The van der Waals surface area contributed by atoms with Crippen LogP contribution in [0, 0.1) is 0 Å². The summed E-state index contributed by atoms with van der Waals surface area (Å²) in [4.78, 5) is 8.28. The first kappa shape index (κ1) is 16.4. The third-order valence-electron chi connectivity index (χ3n) is 4.40. The fourth-order valence-corrected chi connectivity index (χ4v) is 3.42. The summed E-state index contributed by atoms with van der Waals surface area (Å²) < 4.78 is 38.0. The second-order valence-corrected chi connectivity index (χ2v) is 6.37. The van der Waals surface area contributed by atoms with Gasteiger partial charge in [-0.3, -0.25) is 0 Å². The number of hydrogen-bond acceptors (Lipinski definition) is 3. The molecule has 1 saturated heterocycles. The van der Waals surface area contributed by atoms with Gasteiger partial charge >= 0.3 is 6.18 Å². The molecule has 0 amide bonds. The van der Waals surface area contributed by atoms with Crippen LogP contribution >= 0.6 is 11.6 Å². The summed E-state index contributed by atoms with van der Waals surface area (Å²) in [6.45, 7) is 3.56. The lowest BCUT2D eigenvalue weighted by Crippen LogP contribution is -2.36. The molecular weight excluding hydrogens is 327 g/mol. The molecule has 1 aromatic heterocycles. The Morgan fingerprint density at radius 3 is 2.35 bits per heavy atom. The highest BCUT2D eigenvalue weighted by Gasteiger charge is 2.32. The van der Waals surface area contributed by atoms with E-state index >= 15 is 0 Å². The normalized spacial score (nSPS) is 19.7. The molecule has 3 rings (SSSR count). The van der Waals surface area contributed by atoms with Crippen LogP contribution in [-0.2, 0) is 6.18 Å². The first-order chi connectivity index (χ1) is 10.9. The minimum Gasteiger partial charge on any atom is -0.375 e. The first-order valence-corrected chi connectivity index (χ1v) is 8.24. The highest BCUT2D eigenvalue weighted by atomic mass is 35.5. The highest BCUT2D eigenvalue weighted by molar-refractivity contribution is 6.33. The zero-order valence-electron chi connectivity index (χ0n) is 12.7. The maximum atomic E-state index is 12.7. The van der Waals surface area contributed by atoms with Crippen molar-refractivity contribution < 1.29 is 13.2 Å². The summed E-state index contributed by atoms with van der Waals surface area (Å²) in [7, 11) is 0. The Kier molecular flexibility index (Phi) is 4.71. The van der Waals surface area contributed by atoms with Crippen molar-refractivity contribution in [1.82, 2.24) is 9.88 Å². The third-order valence-corrected chi connectivity index (χ3v) is 4.67. The molecule has 0 aromatic carbocycles. The number of piperidine rings is 1. The van der Waals surface area contributed by atoms with Crippen molar-refractivity contribution in [2.45, 2.75) is 31.9 Å². The lowest BCUT2D eigenvalue weighted by atomic mass is 10.1. The van der Waals surface area contributed by atoms with Gasteiger partial charge in [0.1, 0.15) is 5.82 Å². The van der Waals surface area contributed by atoms with E-state index < -0.39 is 11.7 Å². The Morgan fingerprint density at radius 2 is 1.78 bits per heavy atom. The summed E-state index contributed by atoms with van der Waals surface area (Å²) in [5.41, 5.74) is 0.525. The molecule has 7 heteroatoms. The Labute approximate surface area is 138 Å². The van der Waals surface area contributed by atoms with E-state index in [0.717, 1.165) is 38.3 Å². The predicted molar refractivity (Wildman–Crippen MR) is 84.6 cm³/mol. The average molecular weight is 346 g/mol. The van der Waals surface area contributed by atoms with Crippen LogP contribution < -0.4 is 4.90 Å². The molecule has 23 heavy (non-hydrogen) atoms. The van der Waals surface area contributed by atoms with E-state index in [9.17, 15) is 13.2 Å². The molecule has 0 N–H and O–H groups in total. The molecule has 1 fully saturated rings. The zero-order chi connectivity index (χ0) is 16.4. The van der Waals surface area contributed by atoms with Crippen LogP contribution in [0.5, 0.6) is 0 Å². The highest BCUT2D eigenvalue weighted by Crippen LogP contribution is 2.34. The van der Waals surface area contributed by atoms with Crippen LogP contribution in [0.3, 0.4) is 0 Å².